The van der Waals surface area contributed by atoms with Crippen LogP contribution in [0.2, 0.25) is 0 Å². The zero-order chi connectivity index (χ0) is 17.9. The Morgan fingerprint density at radius 1 is 0.923 bits per heavy atom. The third-order valence-electron chi connectivity index (χ3n) is 4.95. The molecule has 0 N–H and O–H groups in total. The first kappa shape index (κ1) is 17.4. The largest absolute Gasteiger partial charge is 0.367 e. The number of carbonyl (C=O) groups is 1. The molecule has 0 bridgehead atoms. The van der Waals surface area contributed by atoms with E-state index >= 15 is 0 Å². The SMILES string of the molecule is O=C(CN1CCN(c2ccccc2F)CC1)N1CCSc2ccccc21. The molecule has 1 fully saturated rings. The molecule has 4 rings (SSSR count). The molecule has 2 aliphatic rings. The first-order valence-corrected chi connectivity index (χ1v) is 9.95. The highest BCUT2D eigenvalue weighted by Crippen LogP contribution is 2.34. The molecule has 0 radical (unpaired) electrons. The minimum absolute atomic E-state index is 0.150. The number of nitrogens with zero attached hydrogens (tertiary/aromatic N) is 3. The van der Waals surface area contributed by atoms with Crippen LogP contribution in [0.3, 0.4) is 0 Å². The number of anilines is 2. The zero-order valence-corrected chi connectivity index (χ0v) is 15.4. The van der Waals surface area contributed by atoms with E-state index in [1.807, 2.05) is 35.2 Å². The van der Waals surface area contributed by atoms with Gasteiger partial charge in [0.2, 0.25) is 5.91 Å². The highest BCUT2D eigenvalue weighted by atomic mass is 32.2. The van der Waals surface area contributed by atoms with E-state index in [-0.39, 0.29) is 11.7 Å². The summed E-state index contributed by atoms with van der Waals surface area (Å²) in [5, 5.41) is 0. The lowest BCUT2D eigenvalue weighted by molar-refractivity contribution is -0.119. The molecule has 0 aliphatic carbocycles. The molecule has 1 amide bonds. The van der Waals surface area contributed by atoms with Gasteiger partial charge in [0.25, 0.3) is 0 Å². The average molecular weight is 371 g/mol. The van der Waals surface area contributed by atoms with Gasteiger partial charge in [0.1, 0.15) is 5.82 Å². The number of piperazine rings is 1. The summed E-state index contributed by atoms with van der Waals surface area (Å²) in [5.74, 6) is 0.903. The van der Waals surface area contributed by atoms with Crippen molar-refractivity contribution in [3.05, 3.63) is 54.3 Å². The number of fused-ring (bicyclic) bond motifs is 1. The number of para-hydroxylation sites is 2. The van der Waals surface area contributed by atoms with Crippen LogP contribution in [0, 0.1) is 5.82 Å². The Balaban J connectivity index is 1.36. The topological polar surface area (TPSA) is 26.8 Å². The number of hydrogen-bond donors (Lipinski definition) is 0. The predicted molar refractivity (Wildman–Crippen MR) is 105 cm³/mol. The van der Waals surface area contributed by atoms with Crippen LogP contribution in [-0.2, 0) is 4.79 Å². The van der Waals surface area contributed by atoms with E-state index in [2.05, 4.69) is 15.9 Å². The Kier molecular flexibility index (Phi) is 5.13. The zero-order valence-electron chi connectivity index (χ0n) is 14.6. The van der Waals surface area contributed by atoms with Crippen molar-refractivity contribution in [1.29, 1.82) is 0 Å². The van der Waals surface area contributed by atoms with Gasteiger partial charge < -0.3 is 9.80 Å². The van der Waals surface area contributed by atoms with Crippen LogP contribution in [0.5, 0.6) is 0 Å². The fourth-order valence-electron chi connectivity index (χ4n) is 3.56. The molecule has 0 atom stereocenters. The molecule has 1 saturated heterocycles. The number of amides is 1. The molecule has 0 spiro atoms. The summed E-state index contributed by atoms with van der Waals surface area (Å²) in [5.41, 5.74) is 1.68. The van der Waals surface area contributed by atoms with Crippen molar-refractivity contribution in [2.75, 3.05) is 54.8 Å². The number of halogens is 1. The third-order valence-corrected chi connectivity index (χ3v) is 6.00. The monoisotopic (exact) mass is 371 g/mol. The van der Waals surface area contributed by atoms with Crippen LogP contribution in [0.25, 0.3) is 0 Å². The smallest absolute Gasteiger partial charge is 0.241 e. The normalized spacial score (nSPS) is 17.9. The van der Waals surface area contributed by atoms with Gasteiger partial charge in [-0.05, 0) is 24.3 Å². The summed E-state index contributed by atoms with van der Waals surface area (Å²) in [4.78, 5) is 20.2. The quantitative estimate of drug-likeness (QED) is 0.829. The Labute approximate surface area is 157 Å². The minimum atomic E-state index is -0.181. The second-order valence-electron chi connectivity index (χ2n) is 6.58. The van der Waals surface area contributed by atoms with Gasteiger partial charge in [0.15, 0.2) is 0 Å². The summed E-state index contributed by atoms with van der Waals surface area (Å²) >= 11 is 1.81. The van der Waals surface area contributed by atoms with Crippen molar-refractivity contribution in [2.45, 2.75) is 4.90 Å². The number of carbonyl (C=O) groups excluding carboxylic acids is 1. The molecule has 0 aromatic heterocycles. The molecule has 2 aromatic rings. The standard InChI is InChI=1S/C20H22FN3OS/c21-16-5-1-2-6-17(16)23-11-9-22(10-12-23)15-20(25)24-13-14-26-19-8-4-3-7-18(19)24/h1-8H,9-15H2. The number of hydrogen-bond acceptors (Lipinski definition) is 4. The van der Waals surface area contributed by atoms with Gasteiger partial charge in [-0.2, -0.15) is 0 Å². The van der Waals surface area contributed by atoms with Crippen LogP contribution >= 0.6 is 11.8 Å². The van der Waals surface area contributed by atoms with Crippen molar-refractivity contribution in [3.8, 4) is 0 Å². The van der Waals surface area contributed by atoms with Gasteiger partial charge in [0.05, 0.1) is 17.9 Å². The van der Waals surface area contributed by atoms with Gasteiger partial charge in [0, 0.05) is 43.4 Å². The Hall–Kier alpha value is -2.05. The van der Waals surface area contributed by atoms with E-state index in [1.165, 1.54) is 11.0 Å². The second-order valence-corrected chi connectivity index (χ2v) is 7.71. The highest BCUT2D eigenvalue weighted by Gasteiger charge is 2.26. The lowest BCUT2D eigenvalue weighted by Crippen LogP contribution is -2.51. The summed E-state index contributed by atoms with van der Waals surface area (Å²) in [6.07, 6.45) is 0. The molecule has 136 valence electrons. The average Bonchev–Trinajstić information content (AvgIpc) is 2.68. The maximum atomic E-state index is 13.9. The summed E-state index contributed by atoms with van der Waals surface area (Å²) < 4.78 is 13.9. The van der Waals surface area contributed by atoms with E-state index in [9.17, 15) is 9.18 Å². The molecule has 2 heterocycles. The van der Waals surface area contributed by atoms with Gasteiger partial charge >= 0.3 is 0 Å². The molecule has 26 heavy (non-hydrogen) atoms. The molecule has 4 nitrogen and oxygen atoms in total. The van der Waals surface area contributed by atoms with Crippen LogP contribution < -0.4 is 9.80 Å². The first-order valence-electron chi connectivity index (χ1n) is 8.96. The highest BCUT2D eigenvalue weighted by molar-refractivity contribution is 7.99. The molecular weight excluding hydrogens is 349 g/mol. The van der Waals surface area contributed by atoms with E-state index in [1.54, 1.807) is 17.8 Å². The van der Waals surface area contributed by atoms with Gasteiger partial charge in [-0.25, -0.2) is 4.39 Å². The minimum Gasteiger partial charge on any atom is -0.367 e. The maximum Gasteiger partial charge on any atom is 0.241 e. The van der Waals surface area contributed by atoms with Crippen LogP contribution in [0.15, 0.2) is 53.4 Å². The third kappa shape index (κ3) is 3.57. The second kappa shape index (κ2) is 7.68. The Morgan fingerprint density at radius 2 is 1.62 bits per heavy atom. The Morgan fingerprint density at radius 3 is 2.38 bits per heavy atom. The molecule has 6 heteroatoms. The maximum absolute atomic E-state index is 13.9. The lowest BCUT2D eigenvalue weighted by Gasteiger charge is -2.37. The summed E-state index contributed by atoms with van der Waals surface area (Å²) in [6.45, 7) is 4.19. The molecule has 2 aliphatic heterocycles. The Bertz CT molecular complexity index is 792. The van der Waals surface area contributed by atoms with Crippen molar-refractivity contribution in [2.24, 2.45) is 0 Å². The molecule has 0 unspecified atom stereocenters. The first-order chi connectivity index (χ1) is 12.7. The van der Waals surface area contributed by atoms with E-state index in [0.717, 1.165) is 44.2 Å². The predicted octanol–water partition coefficient (Wildman–Crippen LogP) is 3.09. The van der Waals surface area contributed by atoms with Crippen LogP contribution in [0.4, 0.5) is 15.8 Å². The van der Waals surface area contributed by atoms with Crippen LogP contribution in [0.1, 0.15) is 0 Å². The van der Waals surface area contributed by atoms with Crippen molar-refractivity contribution in [3.63, 3.8) is 0 Å². The van der Waals surface area contributed by atoms with Crippen LogP contribution in [-0.4, -0.2) is 55.8 Å². The lowest BCUT2D eigenvalue weighted by atomic mass is 10.2. The van der Waals surface area contributed by atoms with Gasteiger partial charge in [-0.15, -0.1) is 11.8 Å². The van der Waals surface area contributed by atoms with Gasteiger partial charge in [-0.1, -0.05) is 24.3 Å². The molecular formula is C20H22FN3OS. The number of rotatable bonds is 3. The van der Waals surface area contributed by atoms with Crippen molar-refractivity contribution >= 4 is 29.0 Å². The van der Waals surface area contributed by atoms with E-state index in [0.29, 0.717) is 12.2 Å². The molecule has 0 saturated carbocycles. The number of benzene rings is 2. The number of thioether (sulfide) groups is 1. The fourth-order valence-corrected chi connectivity index (χ4v) is 4.55. The fraction of sp³-hybridized carbons (Fsp3) is 0.350. The van der Waals surface area contributed by atoms with Crippen molar-refractivity contribution in [1.82, 2.24) is 4.90 Å². The summed E-state index contributed by atoms with van der Waals surface area (Å²) in [7, 11) is 0. The summed E-state index contributed by atoms with van der Waals surface area (Å²) in [6, 6.07) is 15.0. The van der Waals surface area contributed by atoms with Crippen molar-refractivity contribution < 1.29 is 9.18 Å². The van der Waals surface area contributed by atoms with E-state index in [4.69, 9.17) is 0 Å². The molecule has 2 aromatic carbocycles. The van der Waals surface area contributed by atoms with E-state index < -0.39 is 0 Å². The van der Waals surface area contributed by atoms with Gasteiger partial charge in [-0.3, -0.25) is 9.69 Å².